The number of ether oxygens (including phenoxy) is 9. The van der Waals surface area contributed by atoms with E-state index in [0.717, 1.165) is 20.8 Å². The second-order valence-electron chi connectivity index (χ2n) is 14.2. The summed E-state index contributed by atoms with van der Waals surface area (Å²) in [5.41, 5.74) is 10.1. The molecule has 0 unspecified atom stereocenters. The molecule has 2 fully saturated rings. The number of carbonyl (C=O) groups excluding carboxylic acids is 5. The predicted octanol–water partition coefficient (Wildman–Crippen LogP) is 4.75. The lowest BCUT2D eigenvalue weighted by atomic mass is 9.95. The number of rotatable bonds is 15. The third-order valence-electron chi connectivity index (χ3n) is 8.51. The van der Waals surface area contributed by atoms with Crippen molar-refractivity contribution in [3.05, 3.63) is 82.2 Å². The lowest BCUT2D eigenvalue weighted by Gasteiger charge is -2.48. The van der Waals surface area contributed by atoms with E-state index in [2.05, 4.69) is 29.7 Å². The Morgan fingerprint density at radius 3 is 1.76 bits per heavy atom. The van der Waals surface area contributed by atoms with Gasteiger partial charge in [-0.15, -0.1) is 0 Å². The van der Waals surface area contributed by atoms with Crippen molar-refractivity contribution < 1.29 is 66.6 Å². The number of hydrogen-bond acceptors (Lipinski definition) is 15. The van der Waals surface area contributed by atoms with Crippen molar-refractivity contribution in [2.75, 3.05) is 13.2 Å². The van der Waals surface area contributed by atoms with Crippen LogP contribution in [0.25, 0.3) is 10.4 Å². The van der Waals surface area contributed by atoms with E-state index in [4.69, 9.17) is 42.6 Å². The van der Waals surface area contributed by atoms with Gasteiger partial charge in [0.05, 0.1) is 17.2 Å². The zero-order valence-corrected chi connectivity index (χ0v) is 32.7. The molecule has 0 N–H and O–H groups in total. The third-order valence-corrected chi connectivity index (χ3v) is 10.2. The molecule has 0 amide bonds. The largest absolute Gasteiger partial charge is 0.463 e. The van der Waals surface area contributed by atoms with Crippen molar-refractivity contribution >= 4 is 37.9 Å². The molecule has 55 heavy (non-hydrogen) atoms. The normalized spacial score (nSPS) is 27.8. The van der Waals surface area contributed by atoms with E-state index in [1.807, 2.05) is 0 Å². The summed E-state index contributed by atoms with van der Waals surface area (Å²) in [6.45, 7) is 11.1. The van der Waals surface area contributed by atoms with E-state index in [1.165, 1.54) is 0 Å². The maximum atomic E-state index is 13.7. The topological polar surface area (TPSA) is 217 Å². The van der Waals surface area contributed by atoms with Crippen molar-refractivity contribution in [3.8, 4) is 0 Å². The van der Waals surface area contributed by atoms with Crippen LogP contribution < -0.4 is 0 Å². The summed E-state index contributed by atoms with van der Waals surface area (Å²) in [6, 6.07) is 15.4. The molecule has 0 saturated carbocycles. The van der Waals surface area contributed by atoms with Crippen molar-refractivity contribution in [1.82, 2.24) is 0 Å². The van der Waals surface area contributed by atoms with Gasteiger partial charge in [0, 0.05) is 40.4 Å². The SMILES string of the molecule is CC(=O)OC[C@H]1O[C@H](O[C@@H]2[C@@H](OC(=O)c3ccccc3)[C@H](C)O[C@@H](OCC[Si](C)(C)C)[C@@H]2OC(=O)c2ccccc2)[C@H](N=[N+]=[N-])[C@@H](OC(C)=O)[C@@H]1OC(C)=O. The molecule has 0 aromatic heterocycles. The fourth-order valence-electron chi connectivity index (χ4n) is 5.90. The van der Waals surface area contributed by atoms with Crippen LogP contribution in [0.5, 0.6) is 0 Å². The highest BCUT2D eigenvalue weighted by Crippen LogP contribution is 2.36. The minimum Gasteiger partial charge on any atom is -0.463 e. The van der Waals surface area contributed by atoms with E-state index >= 15 is 0 Å². The summed E-state index contributed by atoms with van der Waals surface area (Å²) in [7, 11) is -1.64. The van der Waals surface area contributed by atoms with Crippen LogP contribution in [0.1, 0.15) is 48.4 Å². The molecule has 2 aliphatic rings. The molecule has 18 heteroatoms. The van der Waals surface area contributed by atoms with Gasteiger partial charge < -0.3 is 42.6 Å². The van der Waals surface area contributed by atoms with E-state index in [9.17, 15) is 29.5 Å². The molecule has 17 nitrogen and oxygen atoms in total. The highest BCUT2D eigenvalue weighted by Gasteiger charge is 2.56. The minimum absolute atomic E-state index is 0.181. The summed E-state index contributed by atoms with van der Waals surface area (Å²) in [5, 5.41) is 3.81. The van der Waals surface area contributed by atoms with Crippen LogP contribution in [-0.2, 0) is 57.0 Å². The fraction of sp³-hybridized carbons (Fsp3) is 0.541. The van der Waals surface area contributed by atoms with E-state index < -0.39 is 106 Å². The molecular formula is C37H47N3O14Si. The lowest BCUT2D eigenvalue weighted by Crippen LogP contribution is -2.66. The molecule has 2 aromatic rings. The predicted molar refractivity (Wildman–Crippen MR) is 194 cm³/mol. The number of carbonyl (C=O) groups is 5. The summed E-state index contributed by atoms with van der Waals surface area (Å²) in [6.07, 6.45) is -12.5. The van der Waals surface area contributed by atoms with Gasteiger partial charge in [0.25, 0.3) is 0 Å². The fourth-order valence-corrected chi connectivity index (χ4v) is 6.63. The molecule has 0 aliphatic carbocycles. The smallest absolute Gasteiger partial charge is 0.338 e. The molecule has 2 heterocycles. The van der Waals surface area contributed by atoms with Gasteiger partial charge in [-0.2, -0.15) is 0 Å². The van der Waals surface area contributed by atoms with Crippen LogP contribution >= 0.6 is 0 Å². The minimum atomic E-state index is -1.69. The maximum absolute atomic E-state index is 13.7. The number of hydrogen-bond donors (Lipinski definition) is 0. The number of benzene rings is 2. The Morgan fingerprint density at radius 1 is 0.709 bits per heavy atom. The highest BCUT2D eigenvalue weighted by molar-refractivity contribution is 6.76. The summed E-state index contributed by atoms with van der Waals surface area (Å²) >= 11 is 0. The van der Waals surface area contributed by atoms with Crippen LogP contribution in [0.3, 0.4) is 0 Å². The first-order valence-corrected chi connectivity index (χ1v) is 21.4. The van der Waals surface area contributed by atoms with E-state index in [-0.39, 0.29) is 17.7 Å². The zero-order valence-electron chi connectivity index (χ0n) is 31.7. The molecule has 2 saturated heterocycles. The quantitative estimate of drug-likeness (QED) is 0.0595. The molecule has 10 atom stereocenters. The Hall–Kier alpha value is -4.84. The standard InChI is InChI=1S/C37H47N3O14Si/c1-21-29(52-34(44)25-14-10-8-11-15-25)32(33(37(48-21)46-18-19-55(5,6)7)53-35(45)26-16-12-9-13-17-26)54-36-28(39-40-38)31(50-24(4)43)30(49-23(3)42)27(51-36)20-47-22(2)41/h8-17,21,27-33,36-37H,18-20H2,1-7H3/t21-,27+,28+,29-,30+,31+,32+,33+,36+,37+/m0/s1. The number of nitrogens with zero attached hydrogens (tertiary/aromatic N) is 3. The third kappa shape index (κ3) is 12.3. The van der Waals surface area contributed by atoms with Crippen molar-refractivity contribution in [3.63, 3.8) is 0 Å². The molecule has 4 rings (SSSR count). The Kier molecular flexibility index (Phi) is 15.3. The van der Waals surface area contributed by atoms with Crippen LogP contribution in [-0.4, -0.2) is 112 Å². The van der Waals surface area contributed by atoms with Gasteiger partial charge in [0.2, 0.25) is 0 Å². The number of esters is 5. The van der Waals surface area contributed by atoms with E-state index in [1.54, 1.807) is 67.6 Å². The molecule has 0 spiro atoms. The molecule has 298 valence electrons. The van der Waals surface area contributed by atoms with Crippen LogP contribution in [0.4, 0.5) is 0 Å². The molecular weight excluding hydrogens is 738 g/mol. The number of azide groups is 1. The Balaban J connectivity index is 1.84. The first-order chi connectivity index (χ1) is 26.1. The molecule has 2 aromatic carbocycles. The van der Waals surface area contributed by atoms with Gasteiger partial charge in [-0.3, -0.25) is 14.4 Å². The molecule has 0 radical (unpaired) electrons. The molecule has 0 bridgehead atoms. The van der Waals surface area contributed by atoms with Crippen LogP contribution in [0.15, 0.2) is 65.8 Å². The van der Waals surface area contributed by atoms with Gasteiger partial charge in [-0.25, -0.2) is 9.59 Å². The average Bonchev–Trinajstić information content (AvgIpc) is 3.12. The maximum Gasteiger partial charge on any atom is 0.338 e. The van der Waals surface area contributed by atoms with Gasteiger partial charge in [-0.05, 0) is 42.8 Å². The summed E-state index contributed by atoms with van der Waals surface area (Å²) in [5.74, 6) is -3.92. The lowest BCUT2D eigenvalue weighted by molar-refractivity contribution is -0.340. The first kappa shape index (κ1) is 42.9. The summed E-state index contributed by atoms with van der Waals surface area (Å²) in [4.78, 5) is 66.8. The van der Waals surface area contributed by atoms with Crippen molar-refractivity contribution in [2.45, 2.75) is 115 Å². The average molecular weight is 786 g/mol. The van der Waals surface area contributed by atoms with Crippen LogP contribution in [0.2, 0.25) is 25.7 Å². The second kappa shape index (κ2) is 19.7. The Labute approximate surface area is 319 Å². The Morgan fingerprint density at radius 2 is 1.25 bits per heavy atom. The summed E-state index contributed by atoms with van der Waals surface area (Å²) < 4.78 is 53.6. The van der Waals surface area contributed by atoms with Gasteiger partial charge >= 0.3 is 29.8 Å². The van der Waals surface area contributed by atoms with Gasteiger partial charge in [0.1, 0.15) is 24.9 Å². The van der Waals surface area contributed by atoms with Crippen molar-refractivity contribution in [2.24, 2.45) is 5.11 Å². The van der Waals surface area contributed by atoms with E-state index in [0.29, 0.717) is 6.04 Å². The molecule has 2 aliphatic heterocycles. The van der Waals surface area contributed by atoms with Crippen molar-refractivity contribution in [1.29, 1.82) is 0 Å². The first-order valence-electron chi connectivity index (χ1n) is 17.7. The monoisotopic (exact) mass is 785 g/mol. The highest BCUT2D eigenvalue weighted by atomic mass is 28.3. The zero-order chi connectivity index (χ0) is 40.3. The second-order valence-corrected chi connectivity index (χ2v) is 19.8. The van der Waals surface area contributed by atoms with Crippen LogP contribution in [0, 0.1) is 0 Å². The Bertz CT molecular complexity index is 1690. The van der Waals surface area contributed by atoms with Gasteiger partial charge in [-0.1, -0.05) is 61.2 Å². The van der Waals surface area contributed by atoms with Gasteiger partial charge in [0.15, 0.2) is 37.0 Å².